The highest BCUT2D eigenvalue weighted by molar-refractivity contribution is 6.23. The van der Waals surface area contributed by atoms with Crippen molar-refractivity contribution in [1.29, 1.82) is 0 Å². The number of nitrogens with zero attached hydrogens (tertiary/aromatic N) is 2. The largest absolute Gasteiger partial charge is 0.455 e. The van der Waals surface area contributed by atoms with E-state index in [9.17, 15) is 0 Å². The first kappa shape index (κ1) is 49.3. The van der Waals surface area contributed by atoms with Crippen LogP contribution in [0.2, 0.25) is 0 Å². The summed E-state index contributed by atoms with van der Waals surface area (Å²) in [6, 6.07) is 104. The third kappa shape index (κ3) is 7.45. The SMILES string of the molecule is Cc1ccc(N(c2ccc(-c3ccccc3C)cc2-c2ccccc2)c2cc3c(c4ccccc24)-c2c(cc(N(c4ccc(C)cc4)c4ccc(-c5ccccc5C)cc4)c4c2oc2ccccc24)C32c3ccccc3-c3ccccc32)cc1. The van der Waals surface area contributed by atoms with Crippen LogP contribution in [-0.2, 0) is 5.41 Å². The smallest absolute Gasteiger partial charge is 0.145 e. The molecule has 1 aromatic heterocycles. The number of hydrogen-bond donors (Lipinski definition) is 0. The lowest BCUT2D eigenvalue weighted by Gasteiger charge is -2.34. The van der Waals surface area contributed by atoms with Crippen LogP contribution in [0.5, 0.6) is 0 Å². The zero-order chi connectivity index (χ0) is 56.2. The number of anilines is 6. The van der Waals surface area contributed by atoms with Crippen molar-refractivity contribution in [1.82, 2.24) is 0 Å². The van der Waals surface area contributed by atoms with Crippen molar-refractivity contribution in [3.63, 3.8) is 0 Å². The lowest BCUT2D eigenvalue weighted by molar-refractivity contribution is 0.669. The summed E-state index contributed by atoms with van der Waals surface area (Å²) in [7, 11) is 0. The molecule has 1 spiro atoms. The van der Waals surface area contributed by atoms with E-state index in [4.69, 9.17) is 4.42 Å². The Morgan fingerprint density at radius 3 is 1.39 bits per heavy atom. The van der Waals surface area contributed by atoms with Crippen LogP contribution in [0, 0.1) is 27.7 Å². The normalized spacial score (nSPS) is 12.6. The maximum Gasteiger partial charge on any atom is 0.145 e. The molecule has 2 aliphatic carbocycles. The maximum absolute atomic E-state index is 7.56. The van der Waals surface area contributed by atoms with E-state index in [2.05, 4.69) is 317 Å². The molecule has 14 aromatic rings. The average Bonchev–Trinajstić information content (AvgIpc) is 1.50. The van der Waals surface area contributed by atoms with Crippen LogP contribution >= 0.6 is 0 Å². The molecule has 0 saturated heterocycles. The van der Waals surface area contributed by atoms with Crippen molar-refractivity contribution < 1.29 is 4.42 Å². The highest BCUT2D eigenvalue weighted by Gasteiger charge is 2.54. The van der Waals surface area contributed by atoms with Gasteiger partial charge in [-0.3, -0.25) is 0 Å². The van der Waals surface area contributed by atoms with Gasteiger partial charge in [0.2, 0.25) is 0 Å². The second-order valence-corrected chi connectivity index (χ2v) is 22.9. The van der Waals surface area contributed by atoms with Crippen LogP contribution in [0.15, 0.2) is 283 Å². The molecule has 0 radical (unpaired) electrons. The van der Waals surface area contributed by atoms with E-state index in [-0.39, 0.29) is 0 Å². The predicted molar refractivity (Wildman–Crippen MR) is 352 cm³/mol. The maximum atomic E-state index is 7.56. The number of fused-ring (bicyclic) bond motifs is 16. The molecule has 0 amide bonds. The number of rotatable bonds is 9. The highest BCUT2D eigenvalue weighted by atomic mass is 16.3. The number of para-hydroxylation sites is 1. The van der Waals surface area contributed by atoms with Gasteiger partial charge in [0.25, 0.3) is 0 Å². The summed E-state index contributed by atoms with van der Waals surface area (Å²) >= 11 is 0. The van der Waals surface area contributed by atoms with Gasteiger partial charge in [0.15, 0.2) is 0 Å². The number of aryl methyl sites for hydroxylation is 4. The van der Waals surface area contributed by atoms with E-state index >= 15 is 0 Å². The van der Waals surface area contributed by atoms with E-state index < -0.39 is 5.41 Å². The van der Waals surface area contributed by atoms with Gasteiger partial charge < -0.3 is 14.2 Å². The summed E-state index contributed by atoms with van der Waals surface area (Å²) in [4.78, 5) is 5.01. The molecular formula is C81H58N2O. The molecular weight excluding hydrogens is 1020 g/mol. The topological polar surface area (TPSA) is 19.6 Å². The third-order valence-electron chi connectivity index (χ3n) is 18.1. The molecule has 16 rings (SSSR count). The van der Waals surface area contributed by atoms with Crippen molar-refractivity contribution in [3.05, 3.63) is 324 Å². The van der Waals surface area contributed by atoms with Crippen LogP contribution < -0.4 is 9.80 Å². The summed E-state index contributed by atoms with van der Waals surface area (Å²) in [5, 5.41) is 4.45. The van der Waals surface area contributed by atoms with Crippen LogP contribution in [0.1, 0.15) is 44.5 Å². The molecule has 3 heteroatoms. The van der Waals surface area contributed by atoms with Crippen molar-refractivity contribution >= 4 is 66.8 Å². The van der Waals surface area contributed by atoms with E-state index in [1.807, 2.05) is 0 Å². The Balaban J connectivity index is 1.04. The monoisotopic (exact) mass is 1070 g/mol. The van der Waals surface area contributed by atoms with Gasteiger partial charge in [-0.15, -0.1) is 0 Å². The average molecular weight is 1080 g/mol. The van der Waals surface area contributed by atoms with E-state index in [1.54, 1.807) is 0 Å². The molecule has 0 atom stereocenters. The lowest BCUT2D eigenvalue weighted by atomic mass is 9.70. The van der Waals surface area contributed by atoms with Crippen LogP contribution in [-0.4, -0.2) is 0 Å². The Morgan fingerprint density at radius 2 is 0.762 bits per heavy atom. The van der Waals surface area contributed by atoms with Gasteiger partial charge >= 0.3 is 0 Å². The quantitative estimate of drug-likeness (QED) is 0.144. The second-order valence-electron chi connectivity index (χ2n) is 22.9. The molecule has 0 fully saturated rings. The van der Waals surface area contributed by atoms with Crippen LogP contribution in [0.3, 0.4) is 0 Å². The summed E-state index contributed by atoms with van der Waals surface area (Å²) in [6.07, 6.45) is 0. The number of hydrogen-bond acceptors (Lipinski definition) is 3. The van der Waals surface area contributed by atoms with Gasteiger partial charge in [0.05, 0.1) is 27.9 Å². The summed E-state index contributed by atoms with van der Waals surface area (Å²) in [6.45, 7) is 8.74. The summed E-state index contributed by atoms with van der Waals surface area (Å²) in [5.74, 6) is 0. The standard InChI is InChI=1S/C81H58N2O/c1-51-34-41-58(42-35-51)82(59-45-38-56(39-46-59)61-24-10-8-20-53(61)3)75-50-72-79(80-78(75)67-30-16-19-33-76(67)84-80)77-66-29-13-12-28-65(66)74(49-71(77)81(72)69-31-17-14-26-63(69)64-27-15-18-32-70(64)81)83(60-43-36-52(2)37-44-60)73-47-40-57(62-25-11-9-21-54(62)4)48-68(73)55-22-6-5-7-23-55/h5-50H,1-4H3. The molecule has 0 saturated carbocycles. The first-order valence-corrected chi connectivity index (χ1v) is 29.2. The molecule has 0 unspecified atom stereocenters. The van der Waals surface area contributed by atoms with Crippen molar-refractivity contribution in [2.24, 2.45) is 0 Å². The van der Waals surface area contributed by atoms with Crippen molar-refractivity contribution in [2.45, 2.75) is 33.1 Å². The minimum atomic E-state index is -0.790. The van der Waals surface area contributed by atoms with Gasteiger partial charge in [-0.2, -0.15) is 0 Å². The molecule has 84 heavy (non-hydrogen) atoms. The van der Waals surface area contributed by atoms with E-state index in [1.165, 1.54) is 83.5 Å². The van der Waals surface area contributed by atoms with Gasteiger partial charge in [-0.05, 0) is 178 Å². The lowest BCUT2D eigenvalue weighted by Crippen LogP contribution is -2.26. The Hall–Kier alpha value is -10.5. The molecule has 2 aliphatic rings. The zero-order valence-electron chi connectivity index (χ0n) is 47.4. The predicted octanol–water partition coefficient (Wildman–Crippen LogP) is 22.3. The molecule has 0 aliphatic heterocycles. The molecule has 398 valence electrons. The van der Waals surface area contributed by atoms with Gasteiger partial charge in [0, 0.05) is 39.0 Å². The van der Waals surface area contributed by atoms with Gasteiger partial charge in [-0.1, -0.05) is 223 Å². The summed E-state index contributed by atoms with van der Waals surface area (Å²) < 4.78 is 7.56. The zero-order valence-corrected chi connectivity index (χ0v) is 47.4. The molecule has 1 heterocycles. The first-order chi connectivity index (χ1) is 41.3. The second kappa shape index (κ2) is 19.3. The molecule has 0 N–H and O–H groups in total. The van der Waals surface area contributed by atoms with Crippen LogP contribution in [0.4, 0.5) is 34.1 Å². The fraction of sp³-hybridized carbons (Fsp3) is 0.0617. The van der Waals surface area contributed by atoms with Gasteiger partial charge in [0.1, 0.15) is 11.2 Å². The number of furan rings is 1. The van der Waals surface area contributed by atoms with Crippen molar-refractivity contribution in [3.8, 4) is 55.6 Å². The Bertz CT molecular complexity index is 4890. The summed E-state index contributed by atoms with van der Waals surface area (Å²) in [5.41, 5.74) is 29.1. The minimum Gasteiger partial charge on any atom is -0.455 e. The fourth-order valence-electron chi connectivity index (χ4n) is 14.2. The van der Waals surface area contributed by atoms with Crippen LogP contribution in [0.25, 0.3) is 88.3 Å². The van der Waals surface area contributed by atoms with Gasteiger partial charge in [-0.25, -0.2) is 0 Å². The molecule has 0 bridgehead atoms. The third-order valence-corrected chi connectivity index (χ3v) is 18.1. The Kier molecular flexibility index (Phi) is 11.4. The fourth-order valence-corrected chi connectivity index (χ4v) is 14.2. The van der Waals surface area contributed by atoms with E-state index in [0.717, 1.165) is 83.5 Å². The molecule has 3 nitrogen and oxygen atoms in total. The number of benzene rings is 13. The van der Waals surface area contributed by atoms with Crippen molar-refractivity contribution in [2.75, 3.05) is 9.80 Å². The Labute approximate surface area is 490 Å². The first-order valence-electron chi connectivity index (χ1n) is 29.2. The van der Waals surface area contributed by atoms with E-state index in [0.29, 0.717) is 0 Å². The Morgan fingerprint density at radius 1 is 0.298 bits per heavy atom. The molecule has 13 aromatic carbocycles. The minimum absolute atomic E-state index is 0.790. The highest BCUT2D eigenvalue weighted by Crippen LogP contribution is 2.67.